The second kappa shape index (κ2) is 56.8. The number of carbonyl (C=O) groups is 6. The highest BCUT2D eigenvalue weighted by Gasteiger charge is 2.26. The zero-order valence-corrected chi connectivity index (χ0v) is 52.8. The van der Waals surface area contributed by atoms with E-state index in [2.05, 4.69) is 72.0 Å². The van der Waals surface area contributed by atoms with E-state index < -0.39 is 23.8 Å². The molecule has 1 heterocycles. The van der Waals surface area contributed by atoms with Crippen molar-refractivity contribution in [2.24, 2.45) is 23.7 Å². The van der Waals surface area contributed by atoms with Gasteiger partial charge < -0.3 is 28.6 Å². The van der Waals surface area contributed by atoms with Crippen LogP contribution in [0.5, 0.6) is 0 Å². The summed E-state index contributed by atoms with van der Waals surface area (Å²) in [6.07, 6.45) is 36.0. The molecule has 1 saturated heterocycles. The summed E-state index contributed by atoms with van der Waals surface area (Å²) in [4.78, 5) is 76.1. The lowest BCUT2D eigenvalue weighted by atomic mass is 9.94. The molecule has 3 unspecified atom stereocenters. The van der Waals surface area contributed by atoms with Crippen LogP contribution in [-0.4, -0.2) is 93.0 Å². The molecule has 0 saturated carbocycles. The van der Waals surface area contributed by atoms with Crippen molar-refractivity contribution in [1.29, 1.82) is 0 Å². The van der Waals surface area contributed by atoms with Gasteiger partial charge in [-0.1, -0.05) is 202 Å². The van der Waals surface area contributed by atoms with E-state index in [0.717, 1.165) is 70.1 Å². The van der Waals surface area contributed by atoms with E-state index >= 15 is 0 Å². The van der Waals surface area contributed by atoms with Crippen molar-refractivity contribution in [1.82, 2.24) is 4.90 Å². The number of carbonyl (C=O) groups excluding carboxylic acids is 6. The SMILES string of the molecule is C=C=C(CC(CC(=O)C=C)CC(=O)OCCCCCCCC)OCCCCCCCC.C=CC(=O)CC(C)C[C@H](CC)OC(=O)CC(CC(=O)OCCCCCCCC)CC(=O)OCCCCCCCC.CC1CCCN(C)CC1. The van der Waals surface area contributed by atoms with Crippen LogP contribution in [0.2, 0.25) is 0 Å². The maximum absolute atomic E-state index is 12.8. The largest absolute Gasteiger partial charge is 0.490 e. The number of hydrogen-bond donors (Lipinski definition) is 0. The molecular weight excluding hydrogens is 1010 g/mol. The van der Waals surface area contributed by atoms with Crippen LogP contribution < -0.4 is 0 Å². The minimum absolute atomic E-state index is 0.0297. The molecule has 0 aromatic heterocycles. The maximum atomic E-state index is 12.8. The van der Waals surface area contributed by atoms with Crippen LogP contribution in [0.3, 0.4) is 0 Å². The maximum Gasteiger partial charge on any atom is 0.306 e. The van der Waals surface area contributed by atoms with Gasteiger partial charge in [-0.2, -0.15) is 0 Å². The lowest BCUT2D eigenvalue weighted by Gasteiger charge is -2.21. The average Bonchev–Trinajstić information content (AvgIpc) is 3.62. The number of hydrogen-bond acceptors (Lipinski definition) is 12. The van der Waals surface area contributed by atoms with Gasteiger partial charge in [0.25, 0.3) is 0 Å². The van der Waals surface area contributed by atoms with Crippen molar-refractivity contribution in [2.45, 2.75) is 286 Å². The summed E-state index contributed by atoms with van der Waals surface area (Å²) in [6, 6.07) is 0. The van der Waals surface area contributed by atoms with Crippen molar-refractivity contribution in [3.63, 3.8) is 0 Å². The lowest BCUT2D eigenvalue weighted by Crippen LogP contribution is -2.25. The molecule has 0 bridgehead atoms. The van der Waals surface area contributed by atoms with Gasteiger partial charge in [-0.15, -0.1) is 0 Å². The molecular formula is C68H121NO11. The molecule has 0 aromatic rings. The van der Waals surface area contributed by atoms with E-state index in [1.807, 2.05) is 13.8 Å². The van der Waals surface area contributed by atoms with Crippen molar-refractivity contribution >= 4 is 35.4 Å². The number of ether oxygens (including phenoxy) is 5. The molecule has 1 aliphatic heterocycles. The minimum atomic E-state index is -0.543. The summed E-state index contributed by atoms with van der Waals surface area (Å²) < 4.78 is 27.7. The smallest absolute Gasteiger partial charge is 0.306 e. The van der Waals surface area contributed by atoms with E-state index in [0.29, 0.717) is 57.9 Å². The summed E-state index contributed by atoms with van der Waals surface area (Å²) in [7, 11) is 2.22. The van der Waals surface area contributed by atoms with Crippen LogP contribution in [0.4, 0.5) is 0 Å². The number of rotatable bonds is 49. The van der Waals surface area contributed by atoms with Gasteiger partial charge in [-0.3, -0.25) is 28.8 Å². The van der Waals surface area contributed by atoms with Gasteiger partial charge in [0.05, 0.1) is 26.4 Å². The molecule has 0 spiro atoms. The monoisotopic (exact) mass is 1130 g/mol. The van der Waals surface area contributed by atoms with Crippen molar-refractivity contribution in [3.05, 3.63) is 43.4 Å². The third-order valence-corrected chi connectivity index (χ3v) is 14.7. The Bertz CT molecular complexity index is 1600. The van der Waals surface area contributed by atoms with E-state index in [1.54, 1.807) is 0 Å². The Labute approximate surface area is 490 Å². The Morgan fingerprint density at radius 2 is 0.875 bits per heavy atom. The number of allylic oxidation sites excluding steroid dienone is 3. The third kappa shape index (κ3) is 52.1. The van der Waals surface area contributed by atoms with Gasteiger partial charge >= 0.3 is 23.9 Å². The standard InChI is InChI=1S/C33H58O7.C27H46O4.C8H17N/c1-6-10-12-14-16-18-20-38-31(35)24-28(25-32(36)39-21-19-17-15-13-11-7-2)26-33(37)40-30(9-4)23-27(5)22-29(34)8-3;1-5-9-11-13-15-17-19-30-26(8-4)22-24(21-25(28)7-3)23-27(29)31-20-18-16-14-12-10-6-2;1-8-4-3-6-9(2)7-5-8/h8,27-28,30H,3,6-7,9-26H2,1-2,4-5H3;7,24H,3-6,9-23H2,1-2H3;8H,3-7H2,1-2H3/t27?,30-;;/m0../s1. The summed E-state index contributed by atoms with van der Waals surface area (Å²) in [5.74, 6) is -0.711. The van der Waals surface area contributed by atoms with Crippen molar-refractivity contribution < 1.29 is 52.5 Å². The Hall–Kier alpha value is -4.02. The second-order valence-electron chi connectivity index (χ2n) is 22.9. The van der Waals surface area contributed by atoms with Gasteiger partial charge in [0.2, 0.25) is 0 Å². The van der Waals surface area contributed by atoms with Gasteiger partial charge in [0.15, 0.2) is 11.6 Å². The summed E-state index contributed by atoms with van der Waals surface area (Å²) >= 11 is 0. The first-order valence-electron chi connectivity index (χ1n) is 32.3. The number of likely N-dealkylation sites (tertiary alicyclic amines) is 1. The highest BCUT2D eigenvalue weighted by molar-refractivity contribution is 5.89. The fraction of sp³-hybridized carbons (Fsp3) is 0.809. The zero-order valence-electron chi connectivity index (χ0n) is 52.8. The van der Waals surface area contributed by atoms with Crippen LogP contribution >= 0.6 is 0 Å². The van der Waals surface area contributed by atoms with Crippen molar-refractivity contribution in [3.8, 4) is 0 Å². The highest BCUT2D eigenvalue weighted by atomic mass is 16.5. The molecule has 80 heavy (non-hydrogen) atoms. The number of ketones is 2. The summed E-state index contributed by atoms with van der Waals surface area (Å²) in [5.41, 5.74) is 2.84. The van der Waals surface area contributed by atoms with Crippen LogP contribution in [0.25, 0.3) is 0 Å². The predicted molar refractivity (Wildman–Crippen MR) is 329 cm³/mol. The van der Waals surface area contributed by atoms with E-state index in [4.69, 9.17) is 23.7 Å². The van der Waals surface area contributed by atoms with Crippen LogP contribution in [0.1, 0.15) is 280 Å². The fourth-order valence-electron chi connectivity index (χ4n) is 9.55. The van der Waals surface area contributed by atoms with E-state index in [-0.39, 0.29) is 67.6 Å². The first-order valence-corrected chi connectivity index (χ1v) is 32.3. The Kier molecular flexibility index (Phi) is 55.4. The first-order chi connectivity index (χ1) is 38.6. The number of esters is 4. The van der Waals surface area contributed by atoms with Gasteiger partial charge in [0, 0.05) is 44.9 Å². The fourth-order valence-corrected chi connectivity index (χ4v) is 9.55. The van der Waals surface area contributed by atoms with Crippen LogP contribution in [-0.2, 0) is 52.5 Å². The molecule has 464 valence electrons. The molecule has 4 atom stereocenters. The molecule has 0 aromatic carbocycles. The average molecular weight is 1130 g/mol. The van der Waals surface area contributed by atoms with Crippen molar-refractivity contribution in [2.75, 3.05) is 46.6 Å². The summed E-state index contributed by atoms with van der Waals surface area (Å²) in [5, 5.41) is 0. The number of unbranched alkanes of at least 4 members (excludes halogenated alkanes) is 20. The topological polar surface area (TPSA) is 152 Å². The molecule has 12 nitrogen and oxygen atoms in total. The van der Waals surface area contributed by atoms with E-state index in [1.165, 1.54) is 134 Å². The number of nitrogens with zero attached hydrogens (tertiary/aromatic N) is 1. The normalized spacial score (nSPS) is 14.3. The Morgan fingerprint density at radius 1 is 0.500 bits per heavy atom. The highest BCUT2D eigenvalue weighted by Crippen LogP contribution is 2.24. The first kappa shape index (κ1) is 78.0. The van der Waals surface area contributed by atoms with Crippen LogP contribution in [0.15, 0.2) is 43.4 Å². The second-order valence-corrected chi connectivity index (χ2v) is 22.9. The predicted octanol–water partition coefficient (Wildman–Crippen LogP) is 17.3. The Balaban J connectivity index is 0. The molecule has 12 heteroatoms. The van der Waals surface area contributed by atoms with Gasteiger partial charge in [0.1, 0.15) is 11.9 Å². The van der Waals surface area contributed by atoms with Gasteiger partial charge in [-0.05, 0) is 114 Å². The lowest BCUT2D eigenvalue weighted by molar-refractivity contribution is -0.153. The van der Waals surface area contributed by atoms with Gasteiger partial charge in [-0.25, -0.2) is 0 Å². The van der Waals surface area contributed by atoms with Crippen LogP contribution in [0, 0.1) is 23.7 Å². The molecule has 0 aliphatic carbocycles. The molecule has 1 aliphatic rings. The molecule has 1 fully saturated rings. The molecule has 0 amide bonds. The Morgan fingerprint density at radius 3 is 1.27 bits per heavy atom. The quantitative estimate of drug-likeness (QED) is 0.0142. The van der Waals surface area contributed by atoms with E-state index in [9.17, 15) is 28.8 Å². The molecule has 1 rings (SSSR count). The minimum Gasteiger partial charge on any atom is -0.490 e. The third-order valence-electron chi connectivity index (χ3n) is 14.7. The zero-order chi connectivity index (χ0) is 59.9. The molecule has 0 radical (unpaired) electrons. The molecule has 0 N–H and O–H groups in total. The summed E-state index contributed by atoms with van der Waals surface area (Å²) in [6.45, 7) is 30.1.